The van der Waals surface area contributed by atoms with Crippen molar-refractivity contribution in [1.82, 2.24) is 25.0 Å². The summed E-state index contributed by atoms with van der Waals surface area (Å²) in [5, 5.41) is 30.3. The van der Waals surface area contributed by atoms with Crippen LogP contribution in [0.1, 0.15) is 33.4 Å². The van der Waals surface area contributed by atoms with E-state index in [2.05, 4.69) is 25.6 Å². The highest BCUT2D eigenvalue weighted by Gasteiger charge is 2.27. The molecule has 0 aliphatic heterocycles. The average Bonchev–Trinajstić information content (AvgIpc) is 3.49. The van der Waals surface area contributed by atoms with Crippen LogP contribution >= 0.6 is 0 Å². The zero-order valence-electron chi connectivity index (χ0n) is 19.0. The molecule has 1 atom stereocenters. The number of ether oxygens (including phenoxy) is 2. The number of nitrogens with zero attached hydrogens (tertiary/aromatic N) is 3. The predicted octanol–water partition coefficient (Wildman–Crippen LogP) is 1.62. The quantitative estimate of drug-likeness (QED) is 0.147. The normalized spacial score (nSPS) is 11.6. The molecule has 0 radical (unpaired) electrons. The van der Waals surface area contributed by atoms with Crippen molar-refractivity contribution in [3.8, 4) is 17.3 Å². The fraction of sp³-hybridized carbons (Fsp3) is 0.136. The van der Waals surface area contributed by atoms with E-state index >= 15 is 4.39 Å². The molecule has 36 heavy (non-hydrogen) atoms. The fourth-order valence-electron chi connectivity index (χ4n) is 3.52. The minimum Gasteiger partial charge on any atom is -0.493 e. The molecule has 2 heterocycles. The van der Waals surface area contributed by atoms with Crippen LogP contribution in [0.4, 0.5) is 10.1 Å². The van der Waals surface area contributed by atoms with E-state index in [1.807, 2.05) is 0 Å². The van der Waals surface area contributed by atoms with Crippen molar-refractivity contribution in [3.05, 3.63) is 81.4 Å². The number of aromatic amines is 2. The Kier molecular flexibility index (Phi) is 6.41. The fourth-order valence-corrected chi connectivity index (χ4v) is 3.52. The van der Waals surface area contributed by atoms with Crippen molar-refractivity contribution in [2.24, 2.45) is 5.73 Å². The van der Waals surface area contributed by atoms with E-state index < -0.39 is 23.5 Å². The van der Waals surface area contributed by atoms with Crippen LogP contribution in [0.5, 0.6) is 11.5 Å². The molecule has 186 valence electrons. The number of hydrogen-bond donors (Lipinski definition) is 6. The Morgan fingerprint density at radius 2 is 1.89 bits per heavy atom. The number of anilines is 1. The number of hydrogen-bond acceptors (Lipinski definition) is 8. The zero-order valence-corrected chi connectivity index (χ0v) is 19.0. The highest BCUT2D eigenvalue weighted by Crippen LogP contribution is 2.35. The summed E-state index contributed by atoms with van der Waals surface area (Å²) in [6.45, 7) is 0. The van der Waals surface area contributed by atoms with E-state index in [9.17, 15) is 14.7 Å². The Bertz CT molecular complexity index is 1490. The molecule has 7 N–H and O–H groups in total. The zero-order chi connectivity index (χ0) is 26.0. The summed E-state index contributed by atoms with van der Waals surface area (Å²) < 4.78 is 26.5. The van der Waals surface area contributed by atoms with Gasteiger partial charge in [0.15, 0.2) is 23.1 Å². The van der Waals surface area contributed by atoms with Crippen molar-refractivity contribution in [3.63, 3.8) is 0 Å². The van der Waals surface area contributed by atoms with Gasteiger partial charge in [-0.05, 0) is 30.3 Å². The Hall–Kier alpha value is -5.14. The number of methoxy groups -OCH3 is 2. The summed E-state index contributed by atoms with van der Waals surface area (Å²) in [6.07, 6.45) is 1.04. The van der Waals surface area contributed by atoms with Crippen LogP contribution in [0.25, 0.3) is 5.82 Å². The number of nitrogens with two attached hydrogens (primary N) is 1. The number of benzene rings is 2. The first kappa shape index (κ1) is 24.0. The van der Waals surface area contributed by atoms with Gasteiger partial charge in [-0.15, -0.1) is 5.10 Å². The number of carboxylic acid groups (broad SMARTS) is 1. The Morgan fingerprint density at radius 3 is 2.50 bits per heavy atom. The second-order valence-electron chi connectivity index (χ2n) is 7.46. The SMILES string of the molecule is COc1cc(F)c([C@H](Nc2ccc(C(=N)N)cc2)c2nn(-c3[nH]ncc3C(=O)O)c(=O)[nH]2)cc1OC. The van der Waals surface area contributed by atoms with Gasteiger partial charge >= 0.3 is 11.7 Å². The molecule has 13 nitrogen and oxygen atoms in total. The number of rotatable bonds is 9. The third kappa shape index (κ3) is 4.46. The van der Waals surface area contributed by atoms with Crippen LogP contribution < -0.4 is 26.2 Å². The monoisotopic (exact) mass is 496 g/mol. The number of nitrogens with one attached hydrogen (secondary N) is 4. The smallest absolute Gasteiger partial charge is 0.349 e. The van der Waals surface area contributed by atoms with E-state index in [4.69, 9.17) is 20.6 Å². The molecule has 0 aliphatic rings. The van der Waals surface area contributed by atoms with E-state index in [1.54, 1.807) is 24.3 Å². The maximum absolute atomic E-state index is 15.3. The molecule has 0 saturated carbocycles. The third-order valence-electron chi connectivity index (χ3n) is 5.29. The lowest BCUT2D eigenvalue weighted by atomic mass is 10.0. The van der Waals surface area contributed by atoms with E-state index in [-0.39, 0.29) is 40.1 Å². The number of carboxylic acids is 1. The predicted molar refractivity (Wildman–Crippen MR) is 126 cm³/mol. The molecule has 0 bridgehead atoms. The van der Waals surface area contributed by atoms with Crippen molar-refractivity contribution in [2.45, 2.75) is 6.04 Å². The van der Waals surface area contributed by atoms with E-state index in [1.165, 1.54) is 20.3 Å². The van der Waals surface area contributed by atoms with Crippen molar-refractivity contribution < 1.29 is 23.8 Å². The summed E-state index contributed by atoms with van der Waals surface area (Å²) in [5.74, 6) is -1.95. The second kappa shape index (κ2) is 9.61. The van der Waals surface area contributed by atoms with Gasteiger partial charge in [-0.25, -0.2) is 14.0 Å². The van der Waals surface area contributed by atoms with Gasteiger partial charge in [-0.2, -0.15) is 9.78 Å². The molecule has 14 heteroatoms. The molecule has 0 saturated heterocycles. The first-order chi connectivity index (χ1) is 17.2. The van der Waals surface area contributed by atoms with Gasteiger partial charge in [0, 0.05) is 22.9 Å². The van der Waals surface area contributed by atoms with Gasteiger partial charge in [-0.1, -0.05) is 0 Å². The highest BCUT2D eigenvalue weighted by atomic mass is 19.1. The van der Waals surface area contributed by atoms with Gasteiger partial charge in [-0.3, -0.25) is 15.5 Å². The minimum atomic E-state index is -1.32. The molecule has 4 rings (SSSR count). The van der Waals surface area contributed by atoms with Crippen LogP contribution in [0.3, 0.4) is 0 Å². The molecule has 2 aromatic heterocycles. The Labute approximate surface area is 202 Å². The Balaban J connectivity index is 1.85. The molecule has 0 amide bonds. The highest BCUT2D eigenvalue weighted by molar-refractivity contribution is 5.95. The van der Waals surface area contributed by atoms with Crippen LogP contribution in [-0.2, 0) is 0 Å². The molecule has 0 fully saturated rings. The number of nitrogen functional groups attached to an aromatic ring is 1. The lowest BCUT2D eigenvalue weighted by Crippen LogP contribution is -2.18. The van der Waals surface area contributed by atoms with Crippen molar-refractivity contribution in [1.29, 1.82) is 5.41 Å². The van der Waals surface area contributed by atoms with Gasteiger partial charge in [0.1, 0.15) is 23.3 Å². The molecular weight excluding hydrogens is 475 g/mol. The number of H-pyrrole nitrogens is 2. The lowest BCUT2D eigenvalue weighted by Gasteiger charge is -2.20. The first-order valence-electron chi connectivity index (χ1n) is 10.3. The number of aromatic nitrogens is 5. The largest absolute Gasteiger partial charge is 0.493 e. The number of amidine groups is 1. The Morgan fingerprint density at radius 1 is 1.22 bits per heavy atom. The minimum absolute atomic E-state index is 0.0345. The van der Waals surface area contributed by atoms with Crippen LogP contribution in [0.15, 0.2) is 47.4 Å². The first-order valence-corrected chi connectivity index (χ1v) is 10.3. The van der Waals surface area contributed by atoms with Crippen molar-refractivity contribution in [2.75, 3.05) is 19.5 Å². The molecule has 0 aliphatic carbocycles. The molecular formula is C22H21FN8O5. The van der Waals surface area contributed by atoms with Gasteiger partial charge < -0.3 is 25.6 Å². The summed E-state index contributed by atoms with van der Waals surface area (Å²) in [6, 6.07) is 7.89. The third-order valence-corrected chi connectivity index (χ3v) is 5.29. The number of halogens is 1. The number of aromatic carboxylic acids is 1. The van der Waals surface area contributed by atoms with E-state index in [0.717, 1.165) is 16.9 Å². The maximum Gasteiger partial charge on any atom is 0.349 e. The van der Waals surface area contributed by atoms with Crippen LogP contribution in [0, 0.1) is 11.2 Å². The topological polar surface area (TPSA) is 197 Å². The second-order valence-corrected chi connectivity index (χ2v) is 7.46. The molecule has 0 spiro atoms. The summed E-state index contributed by atoms with van der Waals surface area (Å²) >= 11 is 0. The summed E-state index contributed by atoms with van der Waals surface area (Å²) in [4.78, 5) is 26.8. The van der Waals surface area contributed by atoms with Crippen LogP contribution in [-0.4, -0.2) is 56.1 Å². The molecule has 2 aromatic carbocycles. The molecule has 0 unspecified atom stereocenters. The standard InChI is InChI=1S/C22H21FN8O5/c1-35-15-7-12(14(23)8-16(15)36-2)17(27-11-5-3-10(4-6-11)18(24)25)19-28-22(34)31(30-19)20-13(21(32)33)9-26-29-20/h3-9,17,27H,1-2H3,(H3,24,25)(H,26,29)(H,32,33)(H,28,30,34)/t17-/m0/s1. The lowest BCUT2D eigenvalue weighted by molar-refractivity contribution is 0.0696. The maximum atomic E-state index is 15.3. The van der Waals surface area contributed by atoms with E-state index in [0.29, 0.717) is 11.3 Å². The van der Waals surface area contributed by atoms with Gasteiger partial charge in [0.2, 0.25) is 0 Å². The summed E-state index contributed by atoms with van der Waals surface area (Å²) in [5.41, 5.74) is 5.46. The number of carbonyl (C=O) groups is 1. The average molecular weight is 496 g/mol. The van der Waals surface area contributed by atoms with Gasteiger partial charge in [0.05, 0.1) is 20.4 Å². The van der Waals surface area contributed by atoms with Crippen LogP contribution in [0.2, 0.25) is 0 Å². The van der Waals surface area contributed by atoms with Crippen molar-refractivity contribution >= 4 is 17.5 Å². The van der Waals surface area contributed by atoms with Gasteiger partial charge in [0.25, 0.3) is 0 Å². The summed E-state index contributed by atoms with van der Waals surface area (Å²) in [7, 11) is 2.76. The molecule has 4 aromatic rings.